The molecule has 0 radical (unpaired) electrons. The third-order valence-electron chi connectivity index (χ3n) is 2.66. The van der Waals surface area contributed by atoms with Crippen LogP contribution in [0.15, 0.2) is 8.63 Å². The lowest BCUT2D eigenvalue weighted by Gasteiger charge is -2.00. The van der Waals surface area contributed by atoms with Crippen LogP contribution in [0.4, 0.5) is 5.69 Å². The smallest absolute Gasteiger partial charge is 0.376 e. The molecule has 2 rings (SSSR count). The summed E-state index contributed by atoms with van der Waals surface area (Å²) >= 11 is 2.66. The van der Waals surface area contributed by atoms with Crippen molar-refractivity contribution in [3.8, 4) is 0 Å². The molecule has 21 heavy (non-hydrogen) atoms. The molecule has 114 valence electrons. The van der Waals surface area contributed by atoms with Gasteiger partial charge in [0.05, 0.1) is 28.5 Å². The predicted molar refractivity (Wildman–Crippen MR) is 82.2 cm³/mol. The molecule has 0 spiro atoms. The highest BCUT2D eigenvalue weighted by Gasteiger charge is 2.28. The first-order chi connectivity index (χ1) is 10.0. The number of nitrogen functional groups attached to an aromatic ring is 1. The predicted octanol–water partition coefficient (Wildman–Crippen LogP) is 3.15. The first-order valence-electron chi connectivity index (χ1n) is 6.28. The molecule has 0 aliphatic carbocycles. The second kappa shape index (κ2) is 6.40. The summed E-state index contributed by atoms with van der Waals surface area (Å²) in [7, 11) is 0. The zero-order valence-corrected chi connectivity index (χ0v) is 13.5. The highest BCUT2D eigenvalue weighted by Crippen LogP contribution is 2.43. The quantitative estimate of drug-likeness (QED) is 0.665. The van der Waals surface area contributed by atoms with Gasteiger partial charge in [0.25, 0.3) is 0 Å². The van der Waals surface area contributed by atoms with E-state index in [4.69, 9.17) is 19.6 Å². The molecule has 0 fully saturated rings. The third-order valence-corrected chi connectivity index (χ3v) is 4.93. The zero-order valence-electron chi connectivity index (χ0n) is 11.8. The topological polar surface area (TPSA) is 91.8 Å². The van der Waals surface area contributed by atoms with Gasteiger partial charge in [-0.25, -0.2) is 9.59 Å². The molecule has 0 aliphatic rings. The van der Waals surface area contributed by atoms with Gasteiger partial charge in [-0.1, -0.05) is 0 Å². The van der Waals surface area contributed by atoms with Crippen LogP contribution in [-0.2, 0) is 9.47 Å². The number of anilines is 1. The lowest BCUT2D eigenvalue weighted by atomic mass is 10.3. The number of esters is 2. The van der Waals surface area contributed by atoms with Crippen molar-refractivity contribution in [2.75, 3.05) is 25.2 Å². The van der Waals surface area contributed by atoms with Crippen LogP contribution in [-0.4, -0.2) is 31.4 Å². The van der Waals surface area contributed by atoms with Crippen molar-refractivity contribution in [3.63, 3.8) is 0 Å². The summed E-state index contributed by atoms with van der Waals surface area (Å²) in [6.07, 6.45) is 1.86. The minimum Gasteiger partial charge on any atom is -0.462 e. The second-order valence-electron chi connectivity index (χ2n) is 3.91. The summed E-state index contributed by atoms with van der Waals surface area (Å²) in [6.45, 7) is 3.88. The van der Waals surface area contributed by atoms with E-state index in [0.29, 0.717) is 10.3 Å². The summed E-state index contributed by atoms with van der Waals surface area (Å²) in [5, 5.41) is 0.568. The van der Waals surface area contributed by atoms with E-state index in [-0.39, 0.29) is 30.2 Å². The van der Waals surface area contributed by atoms with Crippen molar-refractivity contribution < 1.29 is 23.5 Å². The molecule has 2 heterocycles. The lowest BCUT2D eigenvalue weighted by molar-refractivity contribution is 0.0487. The largest absolute Gasteiger partial charge is 0.462 e. The molecule has 2 aromatic rings. The van der Waals surface area contributed by atoms with Gasteiger partial charge in [-0.15, -0.1) is 23.1 Å². The van der Waals surface area contributed by atoms with Crippen molar-refractivity contribution in [3.05, 3.63) is 10.6 Å². The third kappa shape index (κ3) is 2.73. The van der Waals surface area contributed by atoms with Gasteiger partial charge in [-0.3, -0.25) is 0 Å². The van der Waals surface area contributed by atoms with Crippen molar-refractivity contribution in [2.24, 2.45) is 0 Å². The standard InChI is InChI=1S/C13H15NO5S2/c1-4-17-11(15)9-7(14)6-8(19-9)10(12(16)18-5-2)21-13(6)20-3/h4-5,14H2,1-3H3. The van der Waals surface area contributed by atoms with Gasteiger partial charge in [-0.2, -0.15) is 0 Å². The molecule has 0 saturated carbocycles. The number of thioether (sulfide) groups is 1. The van der Waals surface area contributed by atoms with Crippen LogP contribution in [0.25, 0.3) is 11.0 Å². The number of nitrogens with two attached hydrogens (primary N) is 1. The Morgan fingerprint density at radius 2 is 1.86 bits per heavy atom. The van der Waals surface area contributed by atoms with Crippen molar-refractivity contribution in [2.45, 2.75) is 18.1 Å². The fraction of sp³-hybridized carbons (Fsp3) is 0.385. The van der Waals surface area contributed by atoms with Gasteiger partial charge in [0.1, 0.15) is 0 Å². The van der Waals surface area contributed by atoms with Crippen LogP contribution in [0.2, 0.25) is 0 Å². The van der Waals surface area contributed by atoms with E-state index in [1.54, 1.807) is 13.8 Å². The number of carbonyl (C=O) groups excluding carboxylic acids is 2. The van der Waals surface area contributed by atoms with E-state index >= 15 is 0 Å². The molecule has 8 heteroatoms. The van der Waals surface area contributed by atoms with Gasteiger partial charge in [0.15, 0.2) is 10.5 Å². The fourth-order valence-corrected chi connectivity index (χ4v) is 3.68. The number of hydrogen-bond donors (Lipinski definition) is 1. The number of fused-ring (bicyclic) bond motifs is 1. The van der Waals surface area contributed by atoms with Crippen LogP contribution in [0.3, 0.4) is 0 Å². The first-order valence-corrected chi connectivity index (χ1v) is 8.32. The highest BCUT2D eigenvalue weighted by atomic mass is 32.2. The Morgan fingerprint density at radius 1 is 1.24 bits per heavy atom. The molecular weight excluding hydrogens is 314 g/mol. The number of thiophene rings is 1. The van der Waals surface area contributed by atoms with Crippen LogP contribution in [0.1, 0.15) is 34.1 Å². The number of carbonyl (C=O) groups is 2. The zero-order chi connectivity index (χ0) is 15.6. The van der Waals surface area contributed by atoms with Gasteiger partial charge < -0.3 is 19.6 Å². The van der Waals surface area contributed by atoms with Gasteiger partial charge in [0.2, 0.25) is 5.76 Å². The van der Waals surface area contributed by atoms with E-state index < -0.39 is 11.9 Å². The summed E-state index contributed by atoms with van der Waals surface area (Å²) in [6, 6.07) is 0. The fourth-order valence-electron chi connectivity index (χ4n) is 1.82. The molecule has 0 aliphatic heterocycles. The molecule has 0 atom stereocenters. The van der Waals surface area contributed by atoms with Gasteiger partial charge in [-0.05, 0) is 20.1 Å². The van der Waals surface area contributed by atoms with E-state index in [1.165, 1.54) is 23.1 Å². The molecule has 2 aromatic heterocycles. The van der Waals surface area contributed by atoms with Crippen molar-refractivity contribution in [1.29, 1.82) is 0 Å². The highest BCUT2D eigenvalue weighted by molar-refractivity contribution is 8.00. The average molecular weight is 329 g/mol. The molecule has 0 unspecified atom stereocenters. The minimum atomic E-state index is -0.641. The first kappa shape index (κ1) is 15.7. The van der Waals surface area contributed by atoms with Crippen molar-refractivity contribution >= 4 is 51.7 Å². The average Bonchev–Trinajstić information content (AvgIpc) is 2.97. The Morgan fingerprint density at radius 3 is 2.43 bits per heavy atom. The second-order valence-corrected chi connectivity index (χ2v) is 6.01. The maximum absolute atomic E-state index is 12.0. The Hall–Kier alpha value is -1.67. The van der Waals surface area contributed by atoms with E-state index in [9.17, 15) is 9.59 Å². The number of rotatable bonds is 5. The number of hydrogen-bond acceptors (Lipinski definition) is 8. The summed E-state index contributed by atoms with van der Waals surface area (Å²) in [5.74, 6) is -1.20. The molecular formula is C13H15NO5S2. The molecule has 0 aromatic carbocycles. The Balaban J connectivity index is 2.60. The molecule has 0 bridgehead atoms. The monoisotopic (exact) mass is 329 g/mol. The number of ether oxygens (including phenoxy) is 2. The van der Waals surface area contributed by atoms with Crippen molar-refractivity contribution in [1.82, 2.24) is 0 Å². The lowest BCUT2D eigenvalue weighted by Crippen LogP contribution is -2.06. The Labute approximate surface area is 129 Å². The van der Waals surface area contributed by atoms with Gasteiger partial charge in [0, 0.05) is 0 Å². The maximum Gasteiger partial charge on any atom is 0.376 e. The van der Waals surface area contributed by atoms with E-state index in [1.807, 2.05) is 6.26 Å². The normalized spacial score (nSPS) is 10.8. The van der Waals surface area contributed by atoms with Crippen LogP contribution < -0.4 is 5.73 Å². The summed E-state index contributed by atoms with van der Waals surface area (Å²) in [5.41, 5.74) is 6.46. The van der Waals surface area contributed by atoms with Crippen LogP contribution >= 0.6 is 23.1 Å². The minimum absolute atomic E-state index is 0.0736. The van der Waals surface area contributed by atoms with Crippen LogP contribution in [0, 0.1) is 0 Å². The maximum atomic E-state index is 12.0. The van der Waals surface area contributed by atoms with Gasteiger partial charge >= 0.3 is 11.9 Å². The van der Waals surface area contributed by atoms with E-state index in [2.05, 4.69) is 0 Å². The van der Waals surface area contributed by atoms with Crippen LogP contribution in [0.5, 0.6) is 0 Å². The Bertz CT molecular complexity index is 688. The Kier molecular flexibility index (Phi) is 4.79. The van der Waals surface area contributed by atoms with E-state index in [0.717, 1.165) is 4.21 Å². The molecule has 2 N–H and O–H groups in total. The molecule has 0 amide bonds. The summed E-state index contributed by atoms with van der Waals surface area (Å²) in [4.78, 5) is 24.1. The molecule has 6 nitrogen and oxygen atoms in total. The summed E-state index contributed by atoms with van der Waals surface area (Å²) < 4.78 is 16.2. The number of furan rings is 1. The SMILES string of the molecule is CCOC(=O)c1oc2c(C(=O)OCC)sc(SC)c2c1N. The molecule has 0 saturated heterocycles.